The van der Waals surface area contributed by atoms with E-state index in [2.05, 4.69) is 32.6 Å². The van der Waals surface area contributed by atoms with Gasteiger partial charge in [0, 0.05) is 42.8 Å². The van der Waals surface area contributed by atoms with Gasteiger partial charge in [0.25, 0.3) is 0 Å². The van der Waals surface area contributed by atoms with Crippen LogP contribution in [0.15, 0.2) is 58.4 Å². The Morgan fingerprint density at radius 3 is 2.81 bits per heavy atom. The van der Waals surface area contributed by atoms with Gasteiger partial charge in [0.2, 0.25) is 11.8 Å². The second-order valence-corrected chi connectivity index (χ2v) is 10.0. The molecule has 2 aliphatic heterocycles. The number of amides is 2. The molecule has 5 rings (SSSR count). The molecule has 3 aromatic rings. The van der Waals surface area contributed by atoms with Gasteiger partial charge in [0.1, 0.15) is 12.4 Å². The van der Waals surface area contributed by atoms with E-state index in [-0.39, 0.29) is 18.4 Å². The first-order valence-corrected chi connectivity index (χ1v) is 12.9. The number of carbonyl (C=O) groups excluding carboxylic acids is 2. The second-order valence-electron chi connectivity index (χ2n) is 8.25. The number of carbonyl (C=O) groups is 2. The molecular weight excluding hydrogens is 440 g/mol. The molecule has 1 saturated heterocycles. The molecule has 0 unspecified atom stereocenters. The van der Waals surface area contributed by atoms with Crippen molar-refractivity contribution in [3.8, 4) is 0 Å². The first-order valence-electron chi connectivity index (χ1n) is 11.0. The van der Waals surface area contributed by atoms with Crippen molar-refractivity contribution in [3.63, 3.8) is 0 Å². The van der Waals surface area contributed by atoms with E-state index in [1.165, 1.54) is 5.56 Å². The molecule has 0 aliphatic carbocycles. The number of benzene rings is 1. The number of thiophene rings is 1. The van der Waals surface area contributed by atoms with Gasteiger partial charge in [-0.25, -0.2) is 4.98 Å². The Morgan fingerprint density at radius 1 is 1.16 bits per heavy atom. The molecule has 32 heavy (non-hydrogen) atoms. The van der Waals surface area contributed by atoms with Gasteiger partial charge in [-0.15, -0.1) is 11.8 Å². The van der Waals surface area contributed by atoms with Crippen LogP contribution in [0.2, 0.25) is 0 Å². The summed E-state index contributed by atoms with van der Waals surface area (Å²) in [5.74, 6) is 1.92. The Bertz CT molecular complexity index is 1090. The maximum atomic E-state index is 13.0. The van der Waals surface area contributed by atoms with Crippen LogP contribution in [0.25, 0.3) is 0 Å². The quantitative estimate of drug-likeness (QED) is 0.550. The van der Waals surface area contributed by atoms with Crippen LogP contribution in [0, 0.1) is 0 Å². The zero-order chi connectivity index (χ0) is 21.9. The smallest absolute Gasteiger partial charge is 0.242 e. The first-order chi connectivity index (χ1) is 15.7. The molecule has 2 aliphatic rings. The summed E-state index contributed by atoms with van der Waals surface area (Å²) in [5.41, 5.74) is 2.21. The summed E-state index contributed by atoms with van der Waals surface area (Å²) in [7, 11) is 0. The number of aromatic nitrogens is 2. The van der Waals surface area contributed by atoms with Crippen molar-refractivity contribution in [2.45, 2.75) is 36.6 Å². The van der Waals surface area contributed by atoms with E-state index < -0.39 is 0 Å². The number of hydrogen-bond acceptors (Lipinski definition) is 5. The molecule has 1 fully saturated rings. The number of piperidine rings is 1. The highest BCUT2D eigenvalue weighted by atomic mass is 32.2. The van der Waals surface area contributed by atoms with E-state index >= 15 is 0 Å². The Hall–Kier alpha value is -2.58. The molecule has 0 radical (unpaired) electrons. The van der Waals surface area contributed by atoms with Gasteiger partial charge in [-0.3, -0.25) is 9.59 Å². The minimum absolute atomic E-state index is 0.00425. The van der Waals surface area contributed by atoms with Crippen molar-refractivity contribution in [3.05, 3.63) is 64.9 Å². The van der Waals surface area contributed by atoms with Gasteiger partial charge >= 0.3 is 0 Å². The van der Waals surface area contributed by atoms with Crippen LogP contribution in [0.5, 0.6) is 0 Å². The zero-order valence-electron chi connectivity index (χ0n) is 17.9. The number of thioether (sulfide) groups is 1. The average Bonchev–Trinajstić information content (AvgIpc) is 3.51. The van der Waals surface area contributed by atoms with Crippen molar-refractivity contribution in [2.75, 3.05) is 30.3 Å². The van der Waals surface area contributed by atoms with Crippen molar-refractivity contribution < 1.29 is 9.59 Å². The number of likely N-dealkylation sites (tertiary alicyclic amines) is 1. The number of anilines is 1. The van der Waals surface area contributed by atoms with Gasteiger partial charge in [-0.1, -0.05) is 12.1 Å². The van der Waals surface area contributed by atoms with E-state index in [9.17, 15) is 9.59 Å². The van der Waals surface area contributed by atoms with Gasteiger partial charge < -0.3 is 14.4 Å². The summed E-state index contributed by atoms with van der Waals surface area (Å²) in [6, 6.07) is 10.00. The van der Waals surface area contributed by atoms with Gasteiger partial charge in [0.15, 0.2) is 0 Å². The number of hydrogen-bond donors (Lipinski definition) is 0. The molecule has 0 bridgehead atoms. The van der Waals surface area contributed by atoms with Crippen molar-refractivity contribution in [2.24, 2.45) is 0 Å². The van der Waals surface area contributed by atoms with E-state index in [0.717, 1.165) is 42.2 Å². The summed E-state index contributed by atoms with van der Waals surface area (Å²) in [5, 5.41) is 4.32. The molecule has 0 atom stereocenters. The standard InChI is InChI=1S/C24H26N4O2S2/c29-22(15-28-20-3-1-2-4-21(20)32-17-23(28)30)26-11-6-19(7-12-26)24-25-9-13-27(24)10-5-18-8-14-31-16-18/h1-4,8-9,13-14,16,19H,5-7,10-12,15,17H2. The van der Waals surface area contributed by atoms with Crippen LogP contribution in [0.3, 0.4) is 0 Å². The Balaban J connectivity index is 1.18. The molecule has 0 saturated carbocycles. The Labute approximate surface area is 196 Å². The molecule has 6 nitrogen and oxygen atoms in total. The SMILES string of the molecule is O=C(CN1C(=O)CSc2ccccc21)N1CCC(c2nccn2CCc2ccsc2)CC1. The summed E-state index contributed by atoms with van der Waals surface area (Å²) < 4.78 is 2.26. The number of imidazole rings is 1. The molecule has 2 aromatic heterocycles. The fourth-order valence-corrected chi connectivity index (χ4v) is 6.14. The van der Waals surface area contributed by atoms with Crippen LogP contribution in [-0.4, -0.2) is 51.7 Å². The number of para-hydroxylation sites is 1. The lowest BCUT2D eigenvalue weighted by molar-refractivity contribution is -0.132. The highest BCUT2D eigenvalue weighted by molar-refractivity contribution is 8.00. The summed E-state index contributed by atoms with van der Waals surface area (Å²) in [4.78, 5) is 34.8. The first kappa shape index (κ1) is 21.3. The third-order valence-electron chi connectivity index (χ3n) is 6.28. The molecule has 2 amide bonds. The molecule has 4 heterocycles. The summed E-state index contributed by atoms with van der Waals surface area (Å²) in [6.45, 7) is 2.47. The topological polar surface area (TPSA) is 58.4 Å². The predicted octanol–water partition coefficient (Wildman–Crippen LogP) is 4.03. The summed E-state index contributed by atoms with van der Waals surface area (Å²) >= 11 is 3.27. The van der Waals surface area contributed by atoms with Crippen molar-refractivity contribution >= 4 is 40.6 Å². The molecule has 0 N–H and O–H groups in total. The molecule has 1 aromatic carbocycles. The number of rotatable bonds is 6. The van der Waals surface area contributed by atoms with Gasteiger partial charge in [0.05, 0.1) is 11.4 Å². The highest BCUT2D eigenvalue weighted by Crippen LogP contribution is 2.35. The van der Waals surface area contributed by atoms with Gasteiger partial charge in [-0.05, 0) is 53.8 Å². The van der Waals surface area contributed by atoms with Crippen molar-refractivity contribution in [1.29, 1.82) is 0 Å². The third kappa shape index (κ3) is 4.47. The van der Waals surface area contributed by atoms with E-state index in [4.69, 9.17) is 0 Å². The fraction of sp³-hybridized carbons (Fsp3) is 0.375. The minimum atomic E-state index is 0.00425. The van der Waals surface area contributed by atoms with Gasteiger partial charge in [-0.2, -0.15) is 11.3 Å². The lowest BCUT2D eigenvalue weighted by Gasteiger charge is -2.34. The molecular formula is C24H26N4O2S2. The van der Waals surface area contributed by atoms with Crippen LogP contribution in [-0.2, 0) is 22.6 Å². The molecule has 0 spiro atoms. The maximum absolute atomic E-state index is 13.0. The fourth-order valence-electron chi connectivity index (χ4n) is 4.50. The van der Waals surface area contributed by atoms with E-state index in [0.29, 0.717) is 24.8 Å². The van der Waals surface area contributed by atoms with Crippen LogP contribution in [0.1, 0.15) is 30.1 Å². The van der Waals surface area contributed by atoms with Crippen LogP contribution in [0.4, 0.5) is 5.69 Å². The monoisotopic (exact) mass is 466 g/mol. The number of nitrogens with zero attached hydrogens (tertiary/aromatic N) is 4. The minimum Gasteiger partial charge on any atom is -0.341 e. The maximum Gasteiger partial charge on any atom is 0.242 e. The largest absolute Gasteiger partial charge is 0.341 e. The predicted molar refractivity (Wildman–Crippen MR) is 128 cm³/mol. The highest BCUT2D eigenvalue weighted by Gasteiger charge is 2.30. The van der Waals surface area contributed by atoms with Crippen LogP contribution >= 0.6 is 23.1 Å². The second kappa shape index (κ2) is 9.50. The van der Waals surface area contributed by atoms with Crippen molar-refractivity contribution in [1.82, 2.24) is 14.5 Å². The Kier molecular flexibility index (Phi) is 6.32. The zero-order valence-corrected chi connectivity index (χ0v) is 19.5. The lowest BCUT2D eigenvalue weighted by Crippen LogP contribution is -2.47. The third-order valence-corrected chi connectivity index (χ3v) is 8.06. The Morgan fingerprint density at radius 2 is 2.00 bits per heavy atom. The van der Waals surface area contributed by atoms with E-state index in [1.54, 1.807) is 28.0 Å². The molecule has 8 heteroatoms. The summed E-state index contributed by atoms with van der Waals surface area (Å²) in [6.07, 6.45) is 6.77. The molecule has 166 valence electrons. The normalized spacial score (nSPS) is 16.9. The number of aryl methyl sites for hydroxylation is 2. The number of fused-ring (bicyclic) bond motifs is 1. The van der Waals surface area contributed by atoms with E-state index in [1.807, 2.05) is 35.4 Å². The van der Waals surface area contributed by atoms with Crippen LogP contribution < -0.4 is 4.90 Å². The average molecular weight is 467 g/mol. The lowest BCUT2D eigenvalue weighted by atomic mass is 9.95.